The fraction of sp³-hybridized carbons (Fsp3) is 0.533. The smallest absolute Gasteiger partial charge is 0.329 e. The van der Waals surface area contributed by atoms with E-state index in [1.807, 2.05) is 0 Å². The third-order valence-electron chi connectivity index (χ3n) is 3.94. The largest absolute Gasteiger partial charge is 0.497 e. The van der Waals surface area contributed by atoms with Gasteiger partial charge in [0, 0.05) is 6.54 Å². The van der Waals surface area contributed by atoms with Crippen molar-refractivity contribution in [1.82, 2.24) is 0 Å². The first-order valence-electron chi connectivity index (χ1n) is 7.20. The van der Waals surface area contributed by atoms with Gasteiger partial charge < -0.3 is 9.47 Å². The molecule has 1 aliphatic rings. The maximum atomic E-state index is 12.9. The van der Waals surface area contributed by atoms with E-state index >= 15 is 0 Å². The number of carbonyl (C=O) groups is 1. The van der Waals surface area contributed by atoms with Gasteiger partial charge in [-0.05, 0) is 51.0 Å². The topological polar surface area (TPSA) is 72.9 Å². The van der Waals surface area contributed by atoms with E-state index in [0.717, 1.165) is 0 Å². The van der Waals surface area contributed by atoms with E-state index in [4.69, 9.17) is 9.47 Å². The Morgan fingerprint density at radius 2 is 1.95 bits per heavy atom. The summed E-state index contributed by atoms with van der Waals surface area (Å²) >= 11 is 0. The summed E-state index contributed by atoms with van der Waals surface area (Å²) in [6.45, 7) is 3.62. The lowest BCUT2D eigenvalue weighted by atomic mass is 10.0. The van der Waals surface area contributed by atoms with Crippen LogP contribution < -0.4 is 9.04 Å². The van der Waals surface area contributed by atoms with E-state index in [9.17, 15) is 13.2 Å². The summed E-state index contributed by atoms with van der Waals surface area (Å²) in [5.74, 6) is -0.0421. The predicted octanol–water partition coefficient (Wildman–Crippen LogP) is 1.95. The molecule has 1 heterocycles. The Balaban J connectivity index is 2.38. The maximum Gasteiger partial charge on any atom is 0.329 e. The fourth-order valence-corrected chi connectivity index (χ4v) is 4.49. The maximum absolute atomic E-state index is 12.9. The molecule has 122 valence electrons. The summed E-state index contributed by atoms with van der Waals surface area (Å²) in [7, 11) is -2.29. The molecular formula is C15H21NO5S. The summed E-state index contributed by atoms with van der Waals surface area (Å²) in [5.41, 5.74) is 0.524. The van der Waals surface area contributed by atoms with Crippen LogP contribution >= 0.6 is 0 Å². The minimum atomic E-state index is -3.84. The second-order valence-electron chi connectivity index (χ2n) is 5.33. The molecular weight excluding hydrogens is 306 g/mol. The highest BCUT2D eigenvalue weighted by Gasteiger charge is 2.53. The Labute approximate surface area is 131 Å². The molecule has 2 rings (SSSR count). The zero-order valence-corrected chi connectivity index (χ0v) is 13.9. The highest BCUT2D eigenvalue weighted by atomic mass is 32.2. The van der Waals surface area contributed by atoms with Crippen molar-refractivity contribution < 1.29 is 22.7 Å². The lowest BCUT2D eigenvalue weighted by Crippen LogP contribution is -2.56. The number of carbonyl (C=O) groups excluding carboxylic acids is 1. The Morgan fingerprint density at radius 3 is 2.50 bits per heavy atom. The van der Waals surface area contributed by atoms with Crippen LogP contribution in [0.25, 0.3) is 0 Å². The van der Waals surface area contributed by atoms with Gasteiger partial charge in [-0.15, -0.1) is 0 Å². The molecule has 6 nitrogen and oxygen atoms in total. The normalized spacial score (nSPS) is 23.9. The van der Waals surface area contributed by atoms with Gasteiger partial charge in [0.05, 0.1) is 19.4 Å². The quantitative estimate of drug-likeness (QED) is 0.790. The fourth-order valence-electron chi connectivity index (χ4n) is 2.56. The highest BCUT2D eigenvalue weighted by Crippen LogP contribution is 2.36. The molecule has 1 saturated heterocycles. The molecule has 1 aromatic carbocycles. The number of ether oxygens (including phenoxy) is 2. The van der Waals surface area contributed by atoms with Crippen LogP contribution in [0.15, 0.2) is 24.3 Å². The monoisotopic (exact) mass is 327 g/mol. The van der Waals surface area contributed by atoms with Gasteiger partial charge >= 0.3 is 5.97 Å². The number of methoxy groups -OCH3 is 1. The zero-order chi connectivity index (χ0) is 16.4. The van der Waals surface area contributed by atoms with E-state index < -0.39 is 20.7 Å². The summed E-state index contributed by atoms with van der Waals surface area (Å²) in [6.07, 6.45) is 0.862. The number of benzene rings is 1. The van der Waals surface area contributed by atoms with Gasteiger partial charge in [-0.25, -0.2) is 8.42 Å². The van der Waals surface area contributed by atoms with Crippen molar-refractivity contribution in [2.75, 3.05) is 24.6 Å². The molecule has 0 amide bonds. The summed E-state index contributed by atoms with van der Waals surface area (Å²) in [6, 6.07) is 6.74. The van der Waals surface area contributed by atoms with Crippen LogP contribution in [-0.2, 0) is 19.6 Å². The van der Waals surface area contributed by atoms with Gasteiger partial charge in [0.15, 0.2) is 4.75 Å². The molecule has 0 aliphatic carbocycles. The van der Waals surface area contributed by atoms with Crippen molar-refractivity contribution >= 4 is 21.7 Å². The molecule has 22 heavy (non-hydrogen) atoms. The third kappa shape index (κ3) is 2.65. The Morgan fingerprint density at radius 1 is 1.32 bits per heavy atom. The Bertz CT molecular complexity index is 640. The first-order chi connectivity index (χ1) is 10.4. The van der Waals surface area contributed by atoms with E-state index in [1.54, 1.807) is 38.3 Å². The number of hydrogen-bond donors (Lipinski definition) is 0. The Kier molecular flexibility index (Phi) is 4.65. The van der Waals surface area contributed by atoms with Gasteiger partial charge in [-0.1, -0.05) is 0 Å². The molecule has 0 aromatic heterocycles. The second kappa shape index (κ2) is 6.16. The van der Waals surface area contributed by atoms with E-state index in [2.05, 4.69) is 0 Å². The minimum Gasteiger partial charge on any atom is -0.497 e. The van der Waals surface area contributed by atoms with Crippen LogP contribution in [0.5, 0.6) is 5.75 Å². The molecule has 0 radical (unpaired) electrons. The van der Waals surface area contributed by atoms with E-state index in [1.165, 1.54) is 11.2 Å². The molecule has 0 bridgehead atoms. The van der Waals surface area contributed by atoms with Crippen molar-refractivity contribution in [3.63, 3.8) is 0 Å². The molecule has 1 fully saturated rings. The standard InChI is InChI=1S/C15H21NO5S/c1-4-21-14(17)15(2)10-5-11-16(22(15,18)19)12-6-8-13(20-3)9-7-12/h6-9H,4-5,10-11H2,1-3H3. The first-order valence-corrected chi connectivity index (χ1v) is 8.64. The molecule has 1 atom stereocenters. The molecule has 7 heteroatoms. The zero-order valence-electron chi connectivity index (χ0n) is 13.0. The van der Waals surface area contributed by atoms with Crippen LogP contribution in [0.4, 0.5) is 5.69 Å². The van der Waals surface area contributed by atoms with Crippen molar-refractivity contribution in [2.45, 2.75) is 31.4 Å². The molecule has 0 saturated carbocycles. The van der Waals surface area contributed by atoms with Crippen LogP contribution in [0.2, 0.25) is 0 Å². The molecule has 1 unspecified atom stereocenters. The molecule has 1 aliphatic heterocycles. The van der Waals surface area contributed by atoms with Crippen LogP contribution in [0.3, 0.4) is 0 Å². The van der Waals surface area contributed by atoms with Crippen molar-refractivity contribution in [1.29, 1.82) is 0 Å². The lowest BCUT2D eigenvalue weighted by Gasteiger charge is -2.38. The second-order valence-corrected chi connectivity index (χ2v) is 7.62. The third-order valence-corrected chi connectivity index (χ3v) is 6.43. The number of sulfonamides is 1. The van der Waals surface area contributed by atoms with Crippen molar-refractivity contribution in [2.24, 2.45) is 0 Å². The van der Waals surface area contributed by atoms with Gasteiger partial charge in [-0.3, -0.25) is 9.10 Å². The summed E-state index contributed by atoms with van der Waals surface area (Å²) < 4.78 is 35.6. The number of hydrogen-bond acceptors (Lipinski definition) is 5. The predicted molar refractivity (Wildman–Crippen MR) is 83.5 cm³/mol. The number of rotatable bonds is 4. The molecule has 0 spiro atoms. The molecule has 1 aromatic rings. The average molecular weight is 327 g/mol. The van der Waals surface area contributed by atoms with E-state index in [-0.39, 0.29) is 13.0 Å². The van der Waals surface area contributed by atoms with Crippen LogP contribution in [0, 0.1) is 0 Å². The van der Waals surface area contributed by atoms with Crippen LogP contribution in [-0.4, -0.2) is 39.4 Å². The van der Waals surface area contributed by atoms with Gasteiger partial charge in [-0.2, -0.15) is 0 Å². The molecule has 0 N–H and O–H groups in total. The number of anilines is 1. The lowest BCUT2D eigenvalue weighted by molar-refractivity contribution is -0.146. The van der Waals surface area contributed by atoms with Crippen molar-refractivity contribution in [3.05, 3.63) is 24.3 Å². The first kappa shape index (κ1) is 16.6. The van der Waals surface area contributed by atoms with Gasteiger partial charge in [0.1, 0.15) is 5.75 Å². The highest BCUT2D eigenvalue weighted by molar-refractivity contribution is 7.95. The number of nitrogens with zero attached hydrogens (tertiary/aromatic N) is 1. The Hall–Kier alpha value is -1.76. The number of esters is 1. The van der Waals surface area contributed by atoms with Gasteiger partial charge in [0.25, 0.3) is 10.0 Å². The van der Waals surface area contributed by atoms with E-state index in [0.29, 0.717) is 24.4 Å². The summed E-state index contributed by atoms with van der Waals surface area (Å²) in [5, 5.41) is 0. The van der Waals surface area contributed by atoms with Gasteiger partial charge in [0.2, 0.25) is 0 Å². The average Bonchev–Trinajstić information content (AvgIpc) is 2.50. The SMILES string of the molecule is CCOC(=O)C1(C)CCCN(c2ccc(OC)cc2)S1(=O)=O. The van der Waals surface area contributed by atoms with Crippen molar-refractivity contribution in [3.8, 4) is 5.75 Å². The minimum absolute atomic E-state index is 0.159. The summed E-state index contributed by atoms with van der Waals surface area (Å²) in [4.78, 5) is 12.2. The van der Waals surface area contributed by atoms with Crippen LogP contribution in [0.1, 0.15) is 26.7 Å².